The van der Waals surface area contributed by atoms with Crippen molar-refractivity contribution in [2.45, 2.75) is 38.3 Å². The van der Waals surface area contributed by atoms with Gasteiger partial charge < -0.3 is 15.5 Å². The van der Waals surface area contributed by atoms with Gasteiger partial charge in [-0.15, -0.1) is 11.3 Å². The predicted octanol–water partition coefficient (Wildman–Crippen LogP) is 2.84. The van der Waals surface area contributed by atoms with Crippen molar-refractivity contribution in [3.63, 3.8) is 0 Å². The lowest BCUT2D eigenvalue weighted by atomic mass is 9.99. The molecule has 0 aromatic carbocycles. The Hall–Kier alpha value is -1.07. The maximum atomic E-state index is 12.1. The maximum absolute atomic E-state index is 12.1. The lowest BCUT2D eigenvalue weighted by Crippen LogP contribution is -2.50. The highest BCUT2D eigenvalue weighted by Gasteiger charge is 2.38. The highest BCUT2D eigenvalue weighted by Crippen LogP contribution is 2.39. The van der Waals surface area contributed by atoms with Crippen molar-refractivity contribution >= 4 is 17.4 Å². The molecule has 1 aliphatic rings. The van der Waals surface area contributed by atoms with E-state index in [9.17, 15) is 4.79 Å². The molecule has 0 spiro atoms. The van der Waals surface area contributed by atoms with Crippen molar-refractivity contribution in [2.24, 2.45) is 5.92 Å². The molecule has 1 saturated carbocycles. The molecule has 112 valence electrons. The molecule has 1 aromatic heterocycles. The number of rotatable bonds is 6. The third kappa shape index (κ3) is 3.96. The van der Waals surface area contributed by atoms with Crippen molar-refractivity contribution in [2.75, 3.05) is 20.6 Å². The fraction of sp³-hybridized carbons (Fsp3) is 0.667. The number of likely N-dealkylation sites (N-methyl/N-ethyl adjacent to an activating group) is 1. The number of hydrogen-bond acceptors (Lipinski definition) is 3. The van der Waals surface area contributed by atoms with Crippen LogP contribution in [0.25, 0.3) is 0 Å². The molecule has 2 N–H and O–H groups in total. The van der Waals surface area contributed by atoms with Crippen LogP contribution in [-0.2, 0) is 0 Å². The summed E-state index contributed by atoms with van der Waals surface area (Å²) in [5.74, 6) is 0.634. The van der Waals surface area contributed by atoms with Gasteiger partial charge in [-0.3, -0.25) is 0 Å². The molecule has 1 heterocycles. The third-order valence-corrected chi connectivity index (χ3v) is 4.96. The first-order valence-electron chi connectivity index (χ1n) is 7.16. The van der Waals surface area contributed by atoms with E-state index in [1.807, 2.05) is 20.2 Å². The van der Waals surface area contributed by atoms with Gasteiger partial charge in [-0.1, -0.05) is 6.07 Å². The Morgan fingerprint density at radius 1 is 1.50 bits per heavy atom. The Morgan fingerprint density at radius 3 is 2.70 bits per heavy atom. The molecule has 20 heavy (non-hydrogen) atoms. The number of nitrogens with one attached hydrogen (secondary N) is 2. The van der Waals surface area contributed by atoms with Crippen molar-refractivity contribution in [3.8, 4) is 0 Å². The van der Waals surface area contributed by atoms with Gasteiger partial charge in [0.05, 0.1) is 6.04 Å². The molecular formula is C15H25N3OS. The first kappa shape index (κ1) is 15.3. The van der Waals surface area contributed by atoms with E-state index in [1.165, 1.54) is 17.7 Å². The molecule has 0 saturated heterocycles. The monoisotopic (exact) mass is 295 g/mol. The van der Waals surface area contributed by atoms with E-state index in [0.29, 0.717) is 12.5 Å². The van der Waals surface area contributed by atoms with E-state index >= 15 is 0 Å². The van der Waals surface area contributed by atoms with Crippen molar-refractivity contribution in [1.29, 1.82) is 0 Å². The molecule has 0 radical (unpaired) electrons. The molecule has 1 unspecified atom stereocenters. The van der Waals surface area contributed by atoms with Crippen LogP contribution in [0, 0.1) is 5.92 Å². The Balaban J connectivity index is 1.85. The zero-order valence-corrected chi connectivity index (χ0v) is 13.6. The number of thiophene rings is 1. The smallest absolute Gasteiger partial charge is 0.315 e. The fourth-order valence-electron chi connectivity index (χ4n) is 2.45. The Kier molecular flexibility index (Phi) is 4.70. The summed E-state index contributed by atoms with van der Waals surface area (Å²) in [5, 5.41) is 8.17. The summed E-state index contributed by atoms with van der Waals surface area (Å²) in [6.45, 7) is 4.83. The average molecular weight is 295 g/mol. The van der Waals surface area contributed by atoms with Crippen LogP contribution in [-0.4, -0.2) is 37.1 Å². The highest BCUT2D eigenvalue weighted by molar-refractivity contribution is 7.10. The zero-order valence-electron chi connectivity index (χ0n) is 12.8. The summed E-state index contributed by atoms with van der Waals surface area (Å²) >= 11 is 1.73. The molecular weight excluding hydrogens is 270 g/mol. The van der Waals surface area contributed by atoms with Crippen LogP contribution in [0.5, 0.6) is 0 Å². The Labute approximate surface area is 125 Å². The summed E-state index contributed by atoms with van der Waals surface area (Å²) in [4.78, 5) is 15.5. The van der Waals surface area contributed by atoms with Crippen molar-refractivity contribution < 1.29 is 4.79 Å². The minimum atomic E-state index is -0.0966. The van der Waals surface area contributed by atoms with E-state index in [1.54, 1.807) is 11.3 Å². The van der Waals surface area contributed by atoms with Crippen LogP contribution in [0.15, 0.2) is 17.5 Å². The van der Waals surface area contributed by atoms with E-state index in [4.69, 9.17) is 0 Å². The van der Waals surface area contributed by atoms with E-state index in [2.05, 4.69) is 40.8 Å². The number of carbonyl (C=O) groups excluding carboxylic acids is 1. The minimum absolute atomic E-state index is 0.0645. The molecule has 1 aliphatic carbocycles. The third-order valence-electron chi connectivity index (χ3n) is 3.98. The summed E-state index contributed by atoms with van der Waals surface area (Å²) in [6, 6.07) is 4.32. The average Bonchev–Trinajstić information content (AvgIpc) is 3.08. The normalized spacial score (nSPS) is 17.1. The van der Waals surface area contributed by atoms with Crippen molar-refractivity contribution in [3.05, 3.63) is 22.4 Å². The second kappa shape index (κ2) is 6.14. The van der Waals surface area contributed by atoms with Crippen LogP contribution in [0.2, 0.25) is 0 Å². The van der Waals surface area contributed by atoms with Crippen LogP contribution < -0.4 is 10.6 Å². The summed E-state index contributed by atoms with van der Waals surface area (Å²) in [7, 11) is 4.08. The Bertz CT molecular complexity index is 438. The quantitative estimate of drug-likeness (QED) is 0.847. The van der Waals surface area contributed by atoms with Gasteiger partial charge in [-0.25, -0.2) is 4.79 Å². The minimum Gasteiger partial charge on any atom is -0.336 e. The van der Waals surface area contributed by atoms with E-state index < -0.39 is 0 Å². The largest absolute Gasteiger partial charge is 0.336 e. The topological polar surface area (TPSA) is 44.4 Å². The van der Waals surface area contributed by atoms with Crippen LogP contribution in [0.1, 0.15) is 37.6 Å². The molecule has 1 fully saturated rings. The van der Waals surface area contributed by atoms with Gasteiger partial charge in [-0.05, 0) is 58.1 Å². The molecule has 4 nitrogen and oxygen atoms in total. The molecule has 2 rings (SSSR count). The fourth-order valence-corrected chi connectivity index (χ4v) is 3.37. The lowest BCUT2D eigenvalue weighted by molar-refractivity contribution is 0.219. The number of nitrogens with zero attached hydrogens (tertiary/aromatic N) is 1. The number of hydrogen-bond donors (Lipinski definition) is 2. The maximum Gasteiger partial charge on any atom is 0.315 e. The SMILES string of the molecule is CN(C)C(CNC(=O)NC(C)(C)C1CC1)c1cccs1. The van der Waals surface area contributed by atoms with Crippen LogP contribution in [0.3, 0.4) is 0 Å². The summed E-state index contributed by atoms with van der Waals surface area (Å²) < 4.78 is 0. The van der Waals surface area contributed by atoms with Gasteiger partial charge in [0.25, 0.3) is 0 Å². The first-order chi connectivity index (χ1) is 9.40. The number of amides is 2. The highest BCUT2D eigenvalue weighted by atomic mass is 32.1. The van der Waals surface area contributed by atoms with Gasteiger partial charge in [0.15, 0.2) is 0 Å². The summed E-state index contributed by atoms with van der Waals surface area (Å²) in [5.41, 5.74) is -0.0966. The molecule has 2 amide bonds. The second-order valence-electron chi connectivity index (χ2n) is 6.33. The predicted molar refractivity (Wildman–Crippen MR) is 84.1 cm³/mol. The van der Waals surface area contributed by atoms with Gasteiger partial charge >= 0.3 is 6.03 Å². The number of urea groups is 1. The van der Waals surface area contributed by atoms with Gasteiger partial charge in [0, 0.05) is 17.0 Å². The van der Waals surface area contributed by atoms with E-state index in [0.717, 1.165) is 0 Å². The van der Waals surface area contributed by atoms with Gasteiger partial charge in [0.1, 0.15) is 0 Å². The standard InChI is InChI=1S/C15H25N3OS/c1-15(2,11-7-8-11)17-14(19)16-10-12(18(3)4)13-6-5-9-20-13/h5-6,9,11-12H,7-8,10H2,1-4H3,(H2,16,17,19). The van der Waals surface area contributed by atoms with Crippen LogP contribution in [0.4, 0.5) is 4.79 Å². The first-order valence-corrected chi connectivity index (χ1v) is 8.04. The molecule has 0 bridgehead atoms. The van der Waals surface area contributed by atoms with Crippen LogP contribution >= 0.6 is 11.3 Å². The van der Waals surface area contributed by atoms with E-state index in [-0.39, 0.29) is 17.6 Å². The molecule has 1 aromatic rings. The molecule has 1 atom stereocenters. The zero-order chi connectivity index (χ0) is 14.8. The summed E-state index contributed by atoms with van der Waals surface area (Å²) in [6.07, 6.45) is 2.45. The lowest BCUT2D eigenvalue weighted by Gasteiger charge is -2.28. The van der Waals surface area contributed by atoms with Gasteiger partial charge in [0.2, 0.25) is 0 Å². The second-order valence-corrected chi connectivity index (χ2v) is 7.31. The Morgan fingerprint density at radius 2 is 2.20 bits per heavy atom. The molecule has 5 heteroatoms. The number of carbonyl (C=O) groups is 1. The van der Waals surface area contributed by atoms with Crippen molar-refractivity contribution in [1.82, 2.24) is 15.5 Å². The molecule has 0 aliphatic heterocycles. The van der Waals surface area contributed by atoms with Gasteiger partial charge in [-0.2, -0.15) is 0 Å².